The quantitative estimate of drug-likeness (QED) is 0.0475. The lowest BCUT2D eigenvalue weighted by Gasteiger charge is -2.48. The van der Waals surface area contributed by atoms with Crippen molar-refractivity contribution < 1.29 is 38.3 Å². The fourth-order valence-corrected chi connectivity index (χ4v) is 55.4. The topological polar surface area (TPSA) is 94.2 Å². The Morgan fingerprint density at radius 1 is 0.596 bits per heavy atom. The standard InChI is InChI=1S/C32H83NO9Si10/c1-31(2)32(34)35-27-26-33(3)25-24-28-52(38-43(36-45(7,8)9)37-46(10,11)12,30-50(22,29-44(4,5)6)39-47(13,14)15)42-51(23,40-48(16,17)18)41-49(19,20)21/h43H,1,24-30H2,2-23H3. The summed E-state index contributed by atoms with van der Waals surface area (Å²) < 4.78 is 56.2. The first kappa shape index (κ1) is 53.1. The molecule has 0 saturated carbocycles. The van der Waals surface area contributed by atoms with Gasteiger partial charge in [0.2, 0.25) is 0 Å². The summed E-state index contributed by atoms with van der Waals surface area (Å²) in [5.41, 5.74) is 2.29. The summed E-state index contributed by atoms with van der Waals surface area (Å²) in [6, 6.07) is 0.729. The fourth-order valence-electron chi connectivity index (χ4n) is 6.35. The van der Waals surface area contributed by atoms with Crippen molar-refractivity contribution >= 4 is 90.8 Å². The van der Waals surface area contributed by atoms with Gasteiger partial charge in [0.25, 0.3) is 0 Å². The number of rotatable bonds is 26. The molecule has 0 spiro atoms. The molecule has 0 aliphatic heterocycles. The molecule has 10 nitrogen and oxygen atoms in total. The first-order chi connectivity index (χ1) is 22.7. The Bertz CT molecular complexity index is 1030. The molecule has 0 bridgehead atoms. The van der Waals surface area contributed by atoms with Gasteiger partial charge in [-0.15, -0.1) is 0 Å². The molecule has 310 valence electrons. The molecule has 0 aromatic heterocycles. The summed E-state index contributed by atoms with van der Waals surface area (Å²) >= 11 is 0. The number of ether oxygens (including phenoxy) is 1. The fraction of sp³-hybridized carbons (Fsp3) is 0.906. The third kappa shape index (κ3) is 26.8. The molecule has 0 radical (unpaired) electrons. The van der Waals surface area contributed by atoms with E-state index >= 15 is 0 Å². The molecule has 2 unspecified atom stereocenters. The predicted molar refractivity (Wildman–Crippen MR) is 246 cm³/mol. The van der Waals surface area contributed by atoms with Crippen LogP contribution in [-0.2, 0) is 38.3 Å². The van der Waals surface area contributed by atoms with E-state index in [9.17, 15) is 4.79 Å². The van der Waals surface area contributed by atoms with Gasteiger partial charge in [-0.1, -0.05) is 26.2 Å². The molecule has 52 heavy (non-hydrogen) atoms. The van der Waals surface area contributed by atoms with Crippen molar-refractivity contribution in [3.05, 3.63) is 12.2 Å². The molecule has 2 atom stereocenters. The number of carbonyl (C=O) groups excluding carboxylic acids is 1. The molecule has 0 rings (SSSR count). The first-order valence-corrected chi connectivity index (χ1v) is 48.5. The molecule has 0 saturated heterocycles. The molecule has 0 aromatic rings. The van der Waals surface area contributed by atoms with E-state index in [1.54, 1.807) is 6.92 Å². The third-order valence-electron chi connectivity index (χ3n) is 6.82. The highest BCUT2D eigenvalue weighted by atomic mass is 28.5. The molecular weight excluding hydrogens is 823 g/mol. The van der Waals surface area contributed by atoms with E-state index in [2.05, 4.69) is 149 Å². The average Bonchev–Trinajstić information content (AvgIpc) is 2.75. The van der Waals surface area contributed by atoms with Crippen molar-refractivity contribution in [3.63, 3.8) is 0 Å². The van der Waals surface area contributed by atoms with Crippen LogP contribution in [-0.4, -0.2) is 122 Å². The molecule has 0 amide bonds. The Morgan fingerprint density at radius 3 is 1.40 bits per heavy atom. The summed E-state index contributed by atoms with van der Waals surface area (Å²) in [5.74, 6) is -0.356. The molecular formula is C32H83NO9Si10. The molecule has 0 fully saturated rings. The van der Waals surface area contributed by atoms with Gasteiger partial charge in [0.05, 0.1) is 0 Å². The van der Waals surface area contributed by atoms with Crippen LogP contribution in [0.4, 0.5) is 0 Å². The highest BCUT2D eigenvalue weighted by molar-refractivity contribution is 7.03. The van der Waals surface area contributed by atoms with Gasteiger partial charge in [-0.05, 0) is 143 Å². The summed E-state index contributed by atoms with van der Waals surface area (Å²) in [7, 11) is -21.6. The number of hydrogen-bond acceptors (Lipinski definition) is 10. The van der Waals surface area contributed by atoms with Gasteiger partial charge in [-0.3, -0.25) is 0 Å². The van der Waals surface area contributed by atoms with E-state index in [0.29, 0.717) is 18.7 Å². The van der Waals surface area contributed by atoms with Crippen molar-refractivity contribution in [1.29, 1.82) is 0 Å². The highest BCUT2D eigenvalue weighted by Gasteiger charge is 2.57. The lowest BCUT2D eigenvalue weighted by molar-refractivity contribution is -0.139. The number of hydrogen-bond donors (Lipinski definition) is 0. The van der Waals surface area contributed by atoms with Gasteiger partial charge in [-0.2, -0.15) is 0 Å². The zero-order valence-corrected chi connectivity index (χ0v) is 48.0. The second-order valence-electron chi connectivity index (χ2n) is 21.1. The van der Waals surface area contributed by atoms with Gasteiger partial charge in [0.15, 0.2) is 49.9 Å². The van der Waals surface area contributed by atoms with E-state index in [4.69, 9.17) is 33.5 Å². The monoisotopic (exact) mass is 905 g/mol. The van der Waals surface area contributed by atoms with Crippen LogP contribution in [0.3, 0.4) is 0 Å². The summed E-state index contributed by atoms with van der Waals surface area (Å²) in [5, 5.41) is 0. The van der Waals surface area contributed by atoms with E-state index in [1.165, 1.54) is 0 Å². The largest absolute Gasteiger partial charge is 0.467 e. The number of esters is 1. The maximum Gasteiger partial charge on any atom is 0.467 e. The first-order valence-electron chi connectivity index (χ1n) is 19.1. The number of nitrogens with zero attached hydrogens (tertiary/aromatic N) is 1. The summed E-state index contributed by atoms with van der Waals surface area (Å²) in [6.07, 6.45) is 0.826. The Kier molecular flexibility index (Phi) is 20.6. The molecule has 0 aliphatic rings. The minimum absolute atomic E-state index is 0.311. The highest BCUT2D eigenvalue weighted by Crippen LogP contribution is 2.39. The van der Waals surface area contributed by atoms with Crippen LogP contribution in [0.5, 0.6) is 0 Å². The van der Waals surface area contributed by atoms with Crippen molar-refractivity contribution in [1.82, 2.24) is 4.90 Å². The van der Waals surface area contributed by atoms with Crippen LogP contribution in [0, 0.1) is 0 Å². The Hall–Kier alpha value is 1.06. The summed E-state index contributed by atoms with van der Waals surface area (Å²) in [6.45, 7) is 52.5. The van der Waals surface area contributed by atoms with Gasteiger partial charge in [-0.25, -0.2) is 4.79 Å². The molecule has 0 aliphatic carbocycles. The van der Waals surface area contributed by atoms with Gasteiger partial charge in [0, 0.05) is 32.4 Å². The van der Waals surface area contributed by atoms with E-state index in [-0.39, 0.29) is 5.97 Å². The lowest BCUT2D eigenvalue weighted by atomic mass is 10.4. The molecule has 0 N–H and O–H groups in total. The zero-order valence-electron chi connectivity index (χ0n) is 37.9. The second-order valence-corrected chi connectivity index (χ2v) is 63.8. The number of carbonyl (C=O) groups is 1. The Morgan fingerprint density at radius 2 is 1.04 bits per heavy atom. The van der Waals surface area contributed by atoms with Crippen molar-refractivity contribution in [3.8, 4) is 0 Å². The van der Waals surface area contributed by atoms with Crippen molar-refractivity contribution in [2.75, 3.05) is 26.7 Å². The minimum Gasteiger partial charge on any atom is -0.461 e. The SMILES string of the molecule is C=C(C)C(=O)OCCN(C)CCC[Si](C[Si](C)(C[Si](C)(C)C)O[Si](C)(C)C)(O[SiH](O[Si](C)(C)C)O[Si](C)(C)C)O[Si](C)(O[Si](C)(C)C)O[Si](C)(C)C. The predicted octanol–water partition coefficient (Wildman–Crippen LogP) is 9.44. The van der Waals surface area contributed by atoms with Crippen LogP contribution in [0.15, 0.2) is 12.2 Å². The Balaban J connectivity index is 7.57. The zero-order chi connectivity index (χ0) is 41.4. The van der Waals surface area contributed by atoms with Crippen molar-refractivity contribution in [2.24, 2.45) is 0 Å². The molecule has 0 heterocycles. The molecule has 0 aromatic carbocycles. The van der Waals surface area contributed by atoms with E-state index in [1.807, 2.05) is 0 Å². The van der Waals surface area contributed by atoms with E-state index < -0.39 is 84.9 Å². The maximum absolute atomic E-state index is 12.0. The molecule has 20 heteroatoms. The normalized spacial score (nSPS) is 16.6. The van der Waals surface area contributed by atoms with Crippen LogP contribution in [0.25, 0.3) is 0 Å². The van der Waals surface area contributed by atoms with Crippen LogP contribution in [0.1, 0.15) is 13.3 Å². The maximum atomic E-state index is 12.0. The third-order valence-corrected chi connectivity index (χ3v) is 45.3. The van der Waals surface area contributed by atoms with E-state index in [0.717, 1.165) is 30.3 Å². The van der Waals surface area contributed by atoms with Gasteiger partial charge in [0.1, 0.15) is 6.61 Å². The lowest BCUT2D eigenvalue weighted by Crippen LogP contribution is -2.66. The second kappa shape index (κ2) is 20.2. The van der Waals surface area contributed by atoms with Crippen LogP contribution >= 0.6 is 0 Å². The van der Waals surface area contributed by atoms with Gasteiger partial charge < -0.3 is 38.4 Å². The van der Waals surface area contributed by atoms with Crippen LogP contribution in [0.2, 0.25) is 148 Å². The van der Waals surface area contributed by atoms with Gasteiger partial charge >= 0.3 is 32.9 Å². The number of likely N-dealkylation sites (N-methyl/N-ethyl adjacent to an activating group) is 1. The summed E-state index contributed by atoms with van der Waals surface area (Å²) in [4.78, 5) is 14.2. The smallest absolute Gasteiger partial charge is 0.461 e. The average molecular weight is 907 g/mol. The van der Waals surface area contributed by atoms with Crippen molar-refractivity contribution in [2.45, 2.75) is 162 Å². The van der Waals surface area contributed by atoms with Crippen LogP contribution < -0.4 is 0 Å². The Labute approximate surface area is 332 Å². The minimum atomic E-state index is -3.29.